The molecule has 1 N–H and O–H groups in total. The zero-order chi connectivity index (χ0) is 9.10. The summed E-state index contributed by atoms with van der Waals surface area (Å²) in [5, 5.41) is 7.42. The van der Waals surface area contributed by atoms with Crippen molar-refractivity contribution < 1.29 is 9.63 Å². The quantitative estimate of drug-likeness (QED) is 0.662. The molecule has 0 bridgehead atoms. The van der Waals surface area contributed by atoms with Gasteiger partial charge in [0.15, 0.2) is 0 Å². The van der Waals surface area contributed by atoms with Crippen molar-refractivity contribution in [1.82, 2.24) is 20.2 Å². The molecule has 1 aliphatic rings. The van der Waals surface area contributed by atoms with E-state index in [9.17, 15) is 4.79 Å². The van der Waals surface area contributed by atoms with E-state index in [0.717, 1.165) is 12.8 Å². The second-order valence-corrected chi connectivity index (χ2v) is 2.78. The molecular formula is C7H10N4O2. The van der Waals surface area contributed by atoms with Crippen molar-refractivity contribution >= 4 is 5.91 Å². The second-order valence-electron chi connectivity index (χ2n) is 2.78. The zero-order valence-corrected chi connectivity index (χ0v) is 7.06. The van der Waals surface area contributed by atoms with Crippen molar-refractivity contribution in [3.8, 4) is 0 Å². The fourth-order valence-electron chi connectivity index (χ4n) is 1.18. The number of nitrogens with zero attached hydrogens (tertiary/aromatic N) is 3. The summed E-state index contributed by atoms with van der Waals surface area (Å²) in [6, 6.07) is 0. The van der Waals surface area contributed by atoms with Gasteiger partial charge in [0.25, 0.3) is 0 Å². The van der Waals surface area contributed by atoms with Crippen LogP contribution in [-0.2, 0) is 4.84 Å². The number of aromatic amines is 1. The Morgan fingerprint density at radius 2 is 2.54 bits per heavy atom. The van der Waals surface area contributed by atoms with E-state index in [0.29, 0.717) is 13.2 Å². The van der Waals surface area contributed by atoms with E-state index in [2.05, 4.69) is 15.2 Å². The predicted octanol–water partition coefficient (Wildman–Crippen LogP) is -0.0277. The summed E-state index contributed by atoms with van der Waals surface area (Å²) >= 11 is 0. The average molecular weight is 182 g/mol. The molecule has 6 heteroatoms. The van der Waals surface area contributed by atoms with Crippen LogP contribution in [0.3, 0.4) is 0 Å². The summed E-state index contributed by atoms with van der Waals surface area (Å²) in [5.74, 6) is -0.0286. The molecule has 2 heterocycles. The van der Waals surface area contributed by atoms with Crippen LogP contribution >= 0.6 is 0 Å². The maximum absolute atomic E-state index is 11.5. The van der Waals surface area contributed by atoms with Gasteiger partial charge in [0.1, 0.15) is 6.33 Å². The van der Waals surface area contributed by atoms with Crippen LogP contribution < -0.4 is 0 Å². The van der Waals surface area contributed by atoms with Crippen LogP contribution in [0.25, 0.3) is 0 Å². The van der Waals surface area contributed by atoms with E-state index < -0.39 is 0 Å². The minimum atomic E-state index is -0.253. The number of nitrogens with one attached hydrogen (secondary N) is 1. The Kier molecular flexibility index (Phi) is 2.22. The molecule has 0 unspecified atom stereocenters. The molecule has 0 atom stereocenters. The molecule has 0 radical (unpaired) electrons. The van der Waals surface area contributed by atoms with E-state index in [4.69, 9.17) is 4.84 Å². The highest BCUT2D eigenvalue weighted by molar-refractivity contribution is 5.89. The van der Waals surface area contributed by atoms with E-state index in [1.165, 1.54) is 11.4 Å². The Bertz CT molecular complexity index is 279. The zero-order valence-electron chi connectivity index (χ0n) is 7.06. The van der Waals surface area contributed by atoms with Crippen LogP contribution in [0.4, 0.5) is 0 Å². The van der Waals surface area contributed by atoms with E-state index in [-0.39, 0.29) is 11.7 Å². The second kappa shape index (κ2) is 3.53. The molecule has 0 aliphatic carbocycles. The first kappa shape index (κ1) is 8.18. The highest BCUT2D eigenvalue weighted by Crippen LogP contribution is 2.08. The first-order valence-electron chi connectivity index (χ1n) is 4.18. The Labute approximate surface area is 74.9 Å². The largest absolute Gasteiger partial charge is 0.314 e. The standard InChI is InChI=1S/C7H10N4O2/c12-7(6-8-5-9-10-6)11-3-1-2-4-13-11/h5H,1-4H2,(H,8,9,10). The third-order valence-corrected chi connectivity index (χ3v) is 1.85. The van der Waals surface area contributed by atoms with Crippen LogP contribution in [0.15, 0.2) is 6.33 Å². The summed E-state index contributed by atoms with van der Waals surface area (Å²) in [7, 11) is 0. The number of H-pyrrole nitrogens is 1. The summed E-state index contributed by atoms with van der Waals surface area (Å²) in [6.45, 7) is 1.22. The van der Waals surface area contributed by atoms with Gasteiger partial charge >= 0.3 is 5.91 Å². The lowest BCUT2D eigenvalue weighted by molar-refractivity contribution is -0.144. The first-order chi connectivity index (χ1) is 6.38. The minimum absolute atomic E-state index is 0.224. The third-order valence-electron chi connectivity index (χ3n) is 1.85. The Morgan fingerprint density at radius 3 is 3.15 bits per heavy atom. The van der Waals surface area contributed by atoms with Gasteiger partial charge < -0.3 is 0 Å². The molecule has 2 rings (SSSR count). The van der Waals surface area contributed by atoms with Crippen molar-refractivity contribution in [2.45, 2.75) is 12.8 Å². The lowest BCUT2D eigenvalue weighted by Crippen LogP contribution is -2.36. The molecule has 13 heavy (non-hydrogen) atoms. The third kappa shape index (κ3) is 1.67. The number of aromatic nitrogens is 3. The van der Waals surface area contributed by atoms with Crippen LogP contribution in [0.5, 0.6) is 0 Å². The van der Waals surface area contributed by atoms with Crippen molar-refractivity contribution in [3.05, 3.63) is 12.2 Å². The molecule has 6 nitrogen and oxygen atoms in total. The molecule has 1 fully saturated rings. The molecular weight excluding hydrogens is 172 g/mol. The number of hydroxylamine groups is 2. The highest BCUT2D eigenvalue weighted by Gasteiger charge is 2.21. The lowest BCUT2D eigenvalue weighted by Gasteiger charge is -2.24. The van der Waals surface area contributed by atoms with Crippen molar-refractivity contribution in [3.63, 3.8) is 0 Å². The minimum Gasteiger partial charge on any atom is -0.271 e. The average Bonchev–Trinajstić information content (AvgIpc) is 2.71. The molecule has 70 valence electrons. The van der Waals surface area contributed by atoms with Gasteiger partial charge in [-0.2, -0.15) is 5.10 Å². The number of hydrogen-bond donors (Lipinski definition) is 1. The van der Waals surface area contributed by atoms with Crippen molar-refractivity contribution in [2.24, 2.45) is 0 Å². The summed E-state index contributed by atoms with van der Waals surface area (Å²) in [6.07, 6.45) is 3.28. The summed E-state index contributed by atoms with van der Waals surface area (Å²) in [5.41, 5.74) is 0. The van der Waals surface area contributed by atoms with Crippen LogP contribution in [-0.4, -0.2) is 39.3 Å². The SMILES string of the molecule is O=C(c1ncn[nH]1)N1CCCCO1. The number of carbonyl (C=O) groups is 1. The molecule has 1 amide bonds. The van der Waals surface area contributed by atoms with Crippen molar-refractivity contribution in [1.29, 1.82) is 0 Å². The molecule has 1 aromatic heterocycles. The monoisotopic (exact) mass is 182 g/mol. The predicted molar refractivity (Wildman–Crippen MR) is 42.6 cm³/mol. The van der Waals surface area contributed by atoms with Gasteiger partial charge in [0.05, 0.1) is 6.61 Å². The van der Waals surface area contributed by atoms with Gasteiger partial charge in [-0.3, -0.25) is 14.7 Å². The molecule has 1 aliphatic heterocycles. The van der Waals surface area contributed by atoms with Crippen LogP contribution in [0, 0.1) is 0 Å². The highest BCUT2D eigenvalue weighted by atomic mass is 16.7. The van der Waals surface area contributed by atoms with Gasteiger partial charge in [-0.1, -0.05) is 0 Å². The van der Waals surface area contributed by atoms with Gasteiger partial charge in [0.2, 0.25) is 5.82 Å². The number of carbonyl (C=O) groups excluding carboxylic acids is 1. The number of rotatable bonds is 1. The van der Waals surface area contributed by atoms with E-state index in [1.54, 1.807) is 0 Å². The Balaban J connectivity index is 2.04. The fourth-order valence-corrected chi connectivity index (χ4v) is 1.18. The Hall–Kier alpha value is -1.43. The number of hydrogen-bond acceptors (Lipinski definition) is 4. The smallest absolute Gasteiger partial charge is 0.271 e. The molecule has 0 saturated carbocycles. The molecule has 0 spiro atoms. The molecule has 0 aromatic carbocycles. The van der Waals surface area contributed by atoms with Gasteiger partial charge in [0, 0.05) is 6.54 Å². The maximum atomic E-state index is 11.5. The fraction of sp³-hybridized carbons (Fsp3) is 0.571. The summed E-state index contributed by atoms with van der Waals surface area (Å²) < 4.78 is 0. The Morgan fingerprint density at radius 1 is 1.62 bits per heavy atom. The van der Waals surface area contributed by atoms with Crippen LogP contribution in [0.1, 0.15) is 23.5 Å². The van der Waals surface area contributed by atoms with Gasteiger partial charge in [-0.15, -0.1) is 0 Å². The summed E-state index contributed by atoms with van der Waals surface area (Å²) in [4.78, 5) is 20.4. The molecule has 1 aromatic rings. The van der Waals surface area contributed by atoms with Gasteiger partial charge in [-0.25, -0.2) is 10.0 Å². The lowest BCUT2D eigenvalue weighted by atomic mass is 10.3. The van der Waals surface area contributed by atoms with E-state index in [1.807, 2.05) is 0 Å². The maximum Gasteiger partial charge on any atom is 0.314 e. The van der Waals surface area contributed by atoms with Crippen molar-refractivity contribution in [2.75, 3.05) is 13.2 Å². The topological polar surface area (TPSA) is 71.1 Å². The number of amides is 1. The van der Waals surface area contributed by atoms with Crippen LogP contribution in [0.2, 0.25) is 0 Å². The molecule has 1 saturated heterocycles. The normalized spacial score (nSPS) is 17.4. The van der Waals surface area contributed by atoms with E-state index >= 15 is 0 Å². The first-order valence-corrected chi connectivity index (χ1v) is 4.18. The van der Waals surface area contributed by atoms with Gasteiger partial charge in [-0.05, 0) is 12.8 Å².